The Bertz CT molecular complexity index is 505. The van der Waals surface area contributed by atoms with Crippen LogP contribution in [-0.4, -0.2) is 23.3 Å². The van der Waals surface area contributed by atoms with E-state index in [1.165, 1.54) is 29.7 Å². The van der Waals surface area contributed by atoms with Gasteiger partial charge in [0.25, 0.3) is 0 Å². The number of likely N-dealkylation sites (tertiary alicyclic amines) is 1. The molecule has 21 heavy (non-hydrogen) atoms. The third-order valence-corrected chi connectivity index (χ3v) is 4.96. The fraction of sp³-hybridized carbons (Fsp3) is 0.556. The first kappa shape index (κ1) is 14.3. The van der Waals surface area contributed by atoms with E-state index in [9.17, 15) is 9.59 Å². The van der Waals surface area contributed by atoms with Crippen molar-refractivity contribution in [2.24, 2.45) is 11.8 Å². The lowest BCUT2D eigenvalue weighted by Crippen LogP contribution is -2.34. The topological polar surface area (TPSA) is 37.4 Å². The Hall–Kier alpha value is -1.64. The summed E-state index contributed by atoms with van der Waals surface area (Å²) in [7, 11) is 0. The second-order valence-electron chi connectivity index (χ2n) is 6.33. The van der Waals surface area contributed by atoms with Crippen molar-refractivity contribution in [1.82, 2.24) is 4.90 Å². The molecule has 3 heteroatoms. The monoisotopic (exact) mass is 285 g/mol. The Labute approximate surface area is 126 Å². The molecule has 3 rings (SSSR count). The maximum atomic E-state index is 12.5. The normalized spacial score (nSPS) is 23.8. The van der Waals surface area contributed by atoms with Crippen molar-refractivity contribution in [1.29, 1.82) is 0 Å². The summed E-state index contributed by atoms with van der Waals surface area (Å²) in [6.45, 7) is 0.533. The summed E-state index contributed by atoms with van der Waals surface area (Å²) in [5.41, 5.74) is 1.18. The van der Waals surface area contributed by atoms with Crippen LogP contribution >= 0.6 is 0 Å². The summed E-state index contributed by atoms with van der Waals surface area (Å²) in [5.74, 6) is 0.528. The van der Waals surface area contributed by atoms with Crippen LogP contribution in [0.4, 0.5) is 0 Å². The summed E-state index contributed by atoms with van der Waals surface area (Å²) in [5, 5.41) is 0. The average molecular weight is 285 g/mol. The second kappa shape index (κ2) is 6.42. The van der Waals surface area contributed by atoms with Crippen LogP contribution in [0.1, 0.15) is 44.1 Å². The van der Waals surface area contributed by atoms with E-state index in [1.54, 1.807) is 0 Å². The zero-order valence-electron chi connectivity index (χ0n) is 12.5. The molecule has 1 aliphatic heterocycles. The van der Waals surface area contributed by atoms with Crippen molar-refractivity contribution in [3.05, 3.63) is 35.9 Å². The van der Waals surface area contributed by atoms with Gasteiger partial charge in [0.05, 0.1) is 5.92 Å². The Kier molecular flexibility index (Phi) is 4.37. The molecule has 2 amide bonds. The number of benzene rings is 1. The van der Waals surface area contributed by atoms with E-state index in [4.69, 9.17) is 0 Å². The van der Waals surface area contributed by atoms with Crippen molar-refractivity contribution in [3.63, 3.8) is 0 Å². The van der Waals surface area contributed by atoms with E-state index in [-0.39, 0.29) is 17.7 Å². The van der Waals surface area contributed by atoms with Crippen LogP contribution in [0, 0.1) is 11.8 Å². The predicted octanol–water partition coefficient (Wildman–Crippen LogP) is 3.18. The summed E-state index contributed by atoms with van der Waals surface area (Å²) in [6, 6.07) is 10.1. The number of nitrogens with zero attached hydrogens (tertiary/aromatic N) is 1. The van der Waals surface area contributed by atoms with Crippen molar-refractivity contribution in [3.8, 4) is 0 Å². The Morgan fingerprint density at radius 1 is 1.00 bits per heavy atom. The molecule has 0 radical (unpaired) electrons. The van der Waals surface area contributed by atoms with Crippen LogP contribution in [0.5, 0.6) is 0 Å². The summed E-state index contributed by atoms with van der Waals surface area (Å²) in [4.78, 5) is 26.2. The summed E-state index contributed by atoms with van der Waals surface area (Å²) < 4.78 is 0. The van der Waals surface area contributed by atoms with Gasteiger partial charge in [-0.1, -0.05) is 49.6 Å². The van der Waals surface area contributed by atoms with Gasteiger partial charge in [-0.15, -0.1) is 0 Å². The Morgan fingerprint density at radius 2 is 1.71 bits per heavy atom. The van der Waals surface area contributed by atoms with Crippen LogP contribution in [0.15, 0.2) is 30.3 Å². The van der Waals surface area contributed by atoms with Gasteiger partial charge in [-0.2, -0.15) is 0 Å². The highest BCUT2D eigenvalue weighted by Gasteiger charge is 2.42. The number of hydrogen-bond donors (Lipinski definition) is 0. The molecule has 1 aliphatic carbocycles. The van der Waals surface area contributed by atoms with E-state index in [0.29, 0.717) is 18.9 Å². The Balaban J connectivity index is 1.61. The van der Waals surface area contributed by atoms with Crippen molar-refractivity contribution in [2.75, 3.05) is 6.54 Å². The molecule has 1 unspecified atom stereocenters. The smallest absolute Gasteiger partial charge is 0.233 e. The van der Waals surface area contributed by atoms with Crippen molar-refractivity contribution >= 4 is 11.8 Å². The fourth-order valence-electron chi connectivity index (χ4n) is 3.73. The fourth-order valence-corrected chi connectivity index (χ4v) is 3.73. The van der Waals surface area contributed by atoms with Gasteiger partial charge in [0.15, 0.2) is 0 Å². The summed E-state index contributed by atoms with van der Waals surface area (Å²) in [6.07, 6.45) is 7.16. The Morgan fingerprint density at radius 3 is 2.43 bits per heavy atom. The number of amides is 2. The molecule has 1 aromatic rings. The molecule has 3 nitrogen and oxygen atoms in total. The highest BCUT2D eigenvalue weighted by Crippen LogP contribution is 2.36. The first-order chi connectivity index (χ1) is 10.3. The number of imide groups is 1. The second-order valence-corrected chi connectivity index (χ2v) is 6.33. The van der Waals surface area contributed by atoms with Gasteiger partial charge in [-0.25, -0.2) is 0 Å². The van der Waals surface area contributed by atoms with Crippen LogP contribution in [0.25, 0.3) is 0 Å². The third-order valence-electron chi connectivity index (χ3n) is 4.96. The number of carbonyl (C=O) groups excluding carboxylic acids is 2. The number of hydrogen-bond acceptors (Lipinski definition) is 2. The van der Waals surface area contributed by atoms with Crippen LogP contribution in [-0.2, 0) is 16.0 Å². The predicted molar refractivity (Wildman–Crippen MR) is 81.5 cm³/mol. The van der Waals surface area contributed by atoms with Gasteiger partial charge in [0, 0.05) is 13.0 Å². The molecule has 1 saturated heterocycles. The van der Waals surface area contributed by atoms with E-state index >= 15 is 0 Å². The van der Waals surface area contributed by atoms with Crippen LogP contribution < -0.4 is 0 Å². The molecule has 1 aromatic carbocycles. The van der Waals surface area contributed by atoms with Gasteiger partial charge < -0.3 is 0 Å². The van der Waals surface area contributed by atoms with E-state index in [0.717, 1.165) is 19.3 Å². The summed E-state index contributed by atoms with van der Waals surface area (Å²) >= 11 is 0. The van der Waals surface area contributed by atoms with Crippen molar-refractivity contribution in [2.45, 2.75) is 44.9 Å². The highest BCUT2D eigenvalue weighted by atomic mass is 16.2. The maximum absolute atomic E-state index is 12.5. The molecule has 0 N–H and O–H groups in total. The first-order valence-electron chi connectivity index (χ1n) is 8.14. The minimum Gasteiger partial charge on any atom is -0.282 e. The first-order valence-corrected chi connectivity index (χ1v) is 8.14. The molecular formula is C18H23NO2. The maximum Gasteiger partial charge on any atom is 0.233 e. The lowest BCUT2D eigenvalue weighted by atomic mass is 9.79. The third kappa shape index (κ3) is 3.17. The molecule has 0 aromatic heterocycles. The van der Waals surface area contributed by atoms with Gasteiger partial charge >= 0.3 is 0 Å². The van der Waals surface area contributed by atoms with Crippen LogP contribution in [0.3, 0.4) is 0 Å². The zero-order chi connectivity index (χ0) is 14.7. The molecule has 2 fully saturated rings. The zero-order valence-corrected chi connectivity index (χ0v) is 12.5. The van der Waals surface area contributed by atoms with E-state index in [1.807, 2.05) is 30.3 Å². The van der Waals surface area contributed by atoms with Crippen LogP contribution in [0.2, 0.25) is 0 Å². The van der Waals surface area contributed by atoms with Gasteiger partial charge in [0.1, 0.15) is 0 Å². The van der Waals surface area contributed by atoms with Gasteiger partial charge in [-0.05, 0) is 30.7 Å². The largest absolute Gasteiger partial charge is 0.282 e. The molecule has 0 bridgehead atoms. The van der Waals surface area contributed by atoms with E-state index in [2.05, 4.69) is 0 Å². The minimum atomic E-state index is -0.0337. The number of rotatable bonds is 4. The number of carbonyl (C=O) groups is 2. The average Bonchev–Trinajstić information content (AvgIpc) is 2.82. The quantitative estimate of drug-likeness (QED) is 0.797. The van der Waals surface area contributed by atoms with Crippen molar-refractivity contribution < 1.29 is 9.59 Å². The lowest BCUT2D eigenvalue weighted by molar-refractivity contribution is -0.139. The standard InChI is InChI=1S/C18H23NO2/c20-17-13-16(15-9-5-2-6-10-15)18(21)19(17)12-11-14-7-3-1-4-8-14/h1,3-4,7-8,15-16H,2,5-6,9-13H2. The molecule has 1 atom stereocenters. The molecule has 1 saturated carbocycles. The molecule has 112 valence electrons. The lowest BCUT2D eigenvalue weighted by Gasteiger charge is -2.25. The molecule has 0 spiro atoms. The SMILES string of the molecule is O=C1CC(C2CCCCC2)C(=O)N1CCc1ccccc1. The highest BCUT2D eigenvalue weighted by molar-refractivity contribution is 6.03. The minimum absolute atomic E-state index is 0.0337. The van der Waals surface area contributed by atoms with Gasteiger partial charge in [-0.3, -0.25) is 14.5 Å². The molecule has 1 heterocycles. The molecular weight excluding hydrogens is 262 g/mol. The molecule has 2 aliphatic rings. The van der Waals surface area contributed by atoms with E-state index < -0.39 is 0 Å². The van der Waals surface area contributed by atoms with Gasteiger partial charge in [0.2, 0.25) is 11.8 Å².